The molecule has 0 aromatic rings. The van der Waals surface area contributed by atoms with Crippen LogP contribution in [0.5, 0.6) is 0 Å². The maximum atomic E-state index is 11.4. The number of carbonyl (C=O) groups is 2. The van der Waals surface area contributed by atoms with Crippen LogP contribution in [0.25, 0.3) is 0 Å². The van der Waals surface area contributed by atoms with Gasteiger partial charge >= 0.3 is 6.03 Å². The van der Waals surface area contributed by atoms with Crippen molar-refractivity contribution in [3.05, 3.63) is 0 Å². The number of nitrogens with one attached hydrogen (secondary N) is 1. The maximum absolute atomic E-state index is 11.4. The van der Waals surface area contributed by atoms with Gasteiger partial charge in [0.15, 0.2) is 0 Å². The molecule has 1 saturated carbocycles. The number of nitrogens with zero attached hydrogens (tertiary/aromatic N) is 1. The molecule has 18 heavy (non-hydrogen) atoms. The minimum atomic E-state index is -0.788. The van der Waals surface area contributed by atoms with Gasteiger partial charge in [0.25, 0.3) is 0 Å². The number of rotatable bonds is 6. The van der Waals surface area contributed by atoms with E-state index in [0.717, 1.165) is 13.0 Å². The topological polar surface area (TPSA) is 101 Å². The normalized spacial score (nSPS) is 23.3. The summed E-state index contributed by atoms with van der Waals surface area (Å²) < 4.78 is 0. The smallest absolute Gasteiger partial charge is 0.318 e. The Kier molecular flexibility index (Phi) is 6.07. The van der Waals surface area contributed by atoms with Gasteiger partial charge in [-0.1, -0.05) is 13.3 Å². The Hall–Kier alpha value is -1.14. The molecular weight excluding hydrogens is 232 g/mol. The first-order valence-electron chi connectivity index (χ1n) is 6.61. The Morgan fingerprint density at radius 2 is 2.11 bits per heavy atom. The summed E-state index contributed by atoms with van der Waals surface area (Å²) in [5.41, 5.74) is 10.7. The molecule has 1 aliphatic carbocycles. The number of hydrogen-bond acceptors (Lipinski definition) is 4. The van der Waals surface area contributed by atoms with Crippen LogP contribution in [-0.2, 0) is 4.79 Å². The molecule has 6 nitrogen and oxygen atoms in total. The van der Waals surface area contributed by atoms with Crippen molar-refractivity contribution in [2.75, 3.05) is 19.6 Å². The lowest BCUT2D eigenvalue weighted by atomic mass is 10.0. The molecule has 0 saturated heterocycles. The molecule has 0 bridgehead atoms. The van der Waals surface area contributed by atoms with Gasteiger partial charge in [-0.25, -0.2) is 4.79 Å². The zero-order chi connectivity index (χ0) is 13.5. The van der Waals surface area contributed by atoms with Gasteiger partial charge in [0.05, 0.1) is 0 Å². The van der Waals surface area contributed by atoms with E-state index in [-0.39, 0.29) is 5.91 Å². The highest BCUT2D eigenvalue weighted by Gasteiger charge is 2.30. The van der Waals surface area contributed by atoms with E-state index in [0.29, 0.717) is 31.5 Å². The van der Waals surface area contributed by atoms with Crippen LogP contribution in [0.2, 0.25) is 0 Å². The monoisotopic (exact) mass is 256 g/mol. The van der Waals surface area contributed by atoms with Crippen LogP contribution in [0, 0.1) is 5.92 Å². The molecule has 0 radical (unpaired) electrons. The summed E-state index contributed by atoms with van der Waals surface area (Å²) in [6, 6.07) is -0.315. The minimum Gasteiger partial charge on any atom is -0.351 e. The van der Waals surface area contributed by atoms with Crippen molar-refractivity contribution in [3.8, 4) is 0 Å². The van der Waals surface area contributed by atoms with Gasteiger partial charge in [-0.2, -0.15) is 0 Å². The molecule has 5 N–H and O–H groups in total. The SMILES string of the molecule is CCN(CCC(=O)NC(N)=O)C1CCCC1CN. The second-order valence-electron chi connectivity index (χ2n) is 4.79. The summed E-state index contributed by atoms with van der Waals surface area (Å²) in [6.45, 7) is 4.33. The molecule has 0 heterocycles. The van der Waals surface area contributed by atoms with E-state index in [9.17, 15) is 9.59 Å². The maximum Gasteiger partial charge on any atom is 0.318 e. The standard InChI is InChI=1S/C12H24N4O2/c1-2-16(7-6-11(17)15-12(14)18)10-5-3-4-9(10)8-13/h9-10H,2-8,13H2,1H3,(H3,14,15,17,18). The lowest BCUT2D eigenvalue weighted by Gasteiger charge is -2.31. The highest BCUT2D eigenvalue weighted by atomic mass is 16.2. The molecule has 0 aliphatic heterocycles. The lowest BCUT2D eigenvalue weighted by Crippen LogP contribution is -2.43. The van der Waals surface area contributed by atoms with E-state index in [1.165, 1.54) is 12.8 Å². The van der Waals surface area contributed by atoms with Crippen molar-refractivity contribution in [2.24, 2.45) is 17.4 Å². The van der Waals surface area contributed by atoms with Gasteiger partial charge in [-0.15, -0.1) is 0 Å². The van der Waals surface area contributed by atoms with Gasteiger partial charge in [-0.3, -0.25) is 15.0 Å². The summed E-state index contributed by atoms with van der Waals surface area (Å²) >= 11 is 0. The number of nitrogens with two attached hydrogens (primary N) is 2. The van der Waals surface area contributed by atoms with Crippen LogP contribution in [0.4, 0.5) is 4.79 Å². The van der Waals surface area contributed by atoms with E-state index in [1.54, 1.807) is 0 Å². The second-order valence-corrected chi connectivity index (χ2v) is 4.79. The third kappa shape index (κ3) is 4.27. The Labute approximate surface area is 108 Å². The first-order valence-corrected chi connectivity index (χ1v) is 6.61. The fourth-order valence-corrected chi connectivity index (χ4v) is 2.78. The molecule has 6 heteroatoms. The summed E-state index contributed by atoms with van der Waals surface area (Å²) in [6.07, 6.45) is 3.82. The Balaban J connectivity index is 2.41. The number of imide groups is 1. The van der Waals surface area contributed by atoms with Crippen LogP contribution in [0.15, 0.2) is 0 Å². The lowest BCUT2D eigenvalue weighted by molar-refractivity contribution is -0.120. The highest BCUT2D eigenvalue weighted by molar-refractivity contribution is 5.93. The summed E-state index contributed by atoms with van der Waals surface area (Å²) in [5.74, 6) is 0.215. The van der Waals surface area contributed by atoms with Crippen molar-refractivity contribution >= 4 is 11.9 Å². The molecule has 2 atom stereocenters. The van der Waals surface area contributed by atoms with Crippen LogP contribution in [0.3, 0.4) is 0 Å². The molecular formula is C12H24N4O2. The Bertz CT molecular complexity index is 296. The number of hydrogen-bond donors (Lipinski definition) is 3. The first-order chi connectivity index (χ1) is 8.58. The highest BCUT2D eigenvalue weighted by Crippen LogP contribution is 2.29. The van der Waals surface area contributed by atoms with E-state index >= 15 is 0 Å². The summed E-state index contributed by atoms with van der Waals surface area (Å²) in [5, 5.41) is 2.09. The van der Waals surface area contributed by atoms with Gasteiger partial charge < -0.3 is 11.5 Å². The summed E-state index contributed by atoms with van der Waals surface area (Å²) in [4.78, 5) is 24.2. The molecule has 2 unspecified atom stereocenters. The van der Waals surface area contributed by atoms with Gasteiger partial charge in [0.2, 0.25) is 5.91 Å². The Morgan fingerprint density at radius 1 is 1.39 bits per heavy atom. The number of urea groups is 1. The predicted octanol–water partition coefficient (Wildman–Crippen LogP) is 0.0207. The van der Waals surface area contributed by atoms with Crippen molar-refractivity contribution in [3.63, 3.8) is 0 Å². The van der Waals surface area contributed by atoms with Crippen molar-refractivity contribution in [2.45, 2.75) is 38.6 Å². The summed E-state index contributed by atoms with van der Waals surface area (Å²) in [7, 11) is 0. The zero-order valence-corrected chi connectivity index (χ0v) is 11.0. The van der Waals surface area contributed by atoms with E-state index in [1.807, 2.05) is 0 Å². The number of carbonyl (C=O) groups excluding carboxylic acids is 2. The van der Waals surface area contributed by atoms with Crippen LogP contribution in [0.1, 0.15) is 32.6 Å². The molecule has 0 spiro atoms. The molecule has 1 aliphatic rings. The third-order valence-electron chi connectivity index (χ3n) is 3.69. The largest absolute Gasteiger partial charge is 0.351 e. The van der Waals surface area contributed by atoms with Crippen LogP contribution < -0.4 is 16.8 Å². The van der Waals surface area contributed by atoms with Crippen LogP contribution in [-0.4, -0.2) is 42.5 Å². The third-order valence-corrected chi connectivity index (χ3v) is 3.69. The molecule has 104 valence electrons. The van der Waals surface area contributed by atoms with Gasteiger partial charge in [-0.05, 0) is 31.8 Å². The first kappa shape index (κ1) is 14.9. The van der Waals surface area contributed by atoms with Crippen LogP contribution >= 0.6 is 0 Å². The predicted molar refractivity (Wildman–Crippen MR) is 69.8 cm³/mol. The van der Waals surface area contributed by atoms with E-state index in [2.05, 4.69) is 17.1 Å². The van der Waals surface area contributed by atoms with Crippen molar-refractivity contribution in [1.29, 1.82) is 0 Å². The molecule has 1 fully saturated rings. The van der Waals surface area contributed by atoms with Gasteiger partial charge in [0, 0.05) is 19.0 Å². The zero-order valence-electron chi connectivity index (χ0n) is 11.0. The van der Waals surface area contributed by atoms with E-state index in [4.69, 9.17) is 11.5 Å². The van der Waals surface area contributed by atoms with Crippen molar-refractivity contribution < 1.29 is 9.59 Å². The van der Waals surface area contributed by atoms with Gasteiger partial charge in [0.1, 0.15) is 0 Å². The molecule has 0 aromatic heterocycles. The fourth-order valence-electron chi connectivity index (χ4n) is 2.78. The average Bonchev–Trinajstić information content (AvgIpc) is 2.77. The average molecular weight is 256 g/mol. The van der Waals surface area contributed by atoms with Crippen molar-refractivity contribution in [1.82, 2.24) is 10.2 Å². The minimum absolute atomic E-state index is 0.296. The Morgan fingerprint density at radius 3 is 2.67 bits per heavy atom. The fraction of sp³-hybridized carbons (Fsp3) is 0.833. The molecule has 1 rings (SSSR count). The second kappa shape index (κ2) is 7.33. The molecule has 0 aromatic carbocycles. The number of primary amides is 1. The molecule has 3 amide bonds. The quantitative estimate of drug-likeness (QED) is 0.623. The van der Waals surface area contributed by atoms with E-state index < -0.39 is 6.03 Å². The number of amides is 3.